The van der Waals surface area contributed by atoms with E-state index in [-0.39, 0.29) is 25.0 Å². The molecule has 2 heterocycles. The molecule has 0 spiro atoms. The molecule has 1 N–H and O–H groups in total. The number of allylic oxidation sites excluding steroid dienone is 2. The Kier molecular flexibility index (Phi) is 9.93. The third-order valence-electron chi connectivity index (χ3n) is 6.80. The van der Waals surface area contributed by atoms with E-state index < -0.39 is 17.9 Å². The molecule has 42 heavy (non-hydrogen) atoms. The number of ether oxygens (including phenoxy) is 3. The number of esters is 2. The number of benzene rings is 2. The smallest absolute Gasteiger partial charge is 0.336 e. The van der Waals surface area contributed by atoms with Crippen LogP contribution < -0.4 is 10.1 Å². The Bertz CT molecular complexity index is 1480. The summed E-state index contributed by atoms with van der Waals surface area (Å²) in [6.45, 7) is 12.1. The third-order valence-corrected chi connectivity index (χ3v) is 7.41. The highest BCUT2D eigenvalue weighted by Crippen LogP contribution is 2.44. The van der Waals surface area contributed by atoms with Crippen LogP contribution in [0.3, 0.4) is 0 Å². The van der Waals surface area contributed by atoms with Crippen LogP contribution in [0.4, 0.5) is 0 Å². The number of halogens is 1. The van der Waals surface area contributed by atoms with Crippen molar-refractivity contribution in [2.24, 2.45) is 11.8 Å². The number of hydrogen-bond donors (Lipinski definition) is 1. The normalized spacial score (nSPS) is 14.0. The first-order valence-corrected chi connectivity index (χ1v) is 14.8. The van der Waals surface area contributed by atoms with Gasteiger partial charge in [0.2, 0.25) is 0 Å². The highest BCUT2D eigenvalue weighted by Gasteiger charge is 2.40. The maximum absolute atomic E-state index is 13.8. The molecule has 1 aliphatic heterocycles. The topological polar surface area (TPSA) is 91.7 Å². The van der Waals surface area contributed by atoms with Gasteiger partial charge < -0.3 is 19.5 Å². The van der Waals surface area contributed by atoms with E-state index in [0.717, 1.165) is 15.7 Å². The summed E-state index contributed by atoms with van der Waals surface area (Å²) in [4.78, 5) is 27.5. The molecular weight excluding hydrogens is 598 g/mol. The largest absolute Gasteiger partial charge is 0.496 e. The number of carbonyl (C=O) groups excluding carboxylic acids is 2. The zero-order valence-corrected chi connectivity index (χ0v) is 26.7. The Balaban J connectivity index is 1.98. The van der Waals surface area contributed by atoms with Crippen LogP contribution in [0.2, 0.25) is 0 Å². The van der Waals surface area contributed by atoms with Crippen LogP contribution in [0.5, 0.6) is 5.75 Å². The van der Waals surface area contributed by atoms with Gasteiger partial charge in [0.25, 0.3) is 0 Å². The fourth-order valence-electron chi connectivity index (χ4n) is 4.84. The van der Waals surface area contributed by atoms with Gasteiger partial charge in [-0.05, 0) is 71.9 Å². The maximum atomic E-state index is 13.8. The van der Waals surface area contributed by atoms with Crippen molar-refractivity contribution in [2.45, 2.75) is 47.5 Å². The van der Waals surface area contributed by atoms with Gasteiger partial charge >= 0.3 is 11.9 Å². The number of aromatic nitrogens is 2. The van der Waals surface area contributed by atoms with Crippen LogP contribution in [0.25, 0.3) is 16.9 Å². The third kappa shape index (κ3) is 6.78. The summed E-state index contributed by atoms with van der Waals surface area (Å²) in [5, 5.41) is 8.24. The van der Waals surface area contributed by atoms with E-state index in [9.17, 15) is 9.59 Å². The molecule has 0 bridgehead atoms. The molecule has 2 aromatic carbocycles. The number of hydrogen-bond acceptors (Lipinski definition) is 7. The molecule has 3 aromatic rings. The standard InChI is InChI=1S/C33H38BrN3O5/c1-19(2)17-41-32(38)28-21(5)35-22(6)29(33(39)42-18-20(3)4)30(28)25-16-37(24-11-9-8-10-12-24)36-31(25)23-13-14-27(40-7)26(34)15-23/h8-16,19-20,30,35H,17-18H2,1-7H3. The monoisotopic (exact) mass is 635 g/mol. The van der Waals surface area contributed by atoms with Crippen molar-refractivity contribution in [3.8, 4) is 22.7 Å². The number of dihydropyridines is 1. The molecule has 1 aromatic heterocycles. The predicted octanol–water partition coefficient (Wildman–Crippen LogP) is 6.94. The molecule has 4 rings (SSSR count). The molecule has 0 fully saturated rings. The first-order valence-electron chi connectivity index (χ1n) is 14.0. The first kappa shape index (κ1) is 31.1. The van der Waals surface area contributed by atoms with E-state index in [1.54, 1.807) is 11.8 Å². The van der Waals surface area contributed by atoms with E-state index in [1.165, 1.54) is 0 Å². The summed E-state index contributed by atoms with van der Waals surface area (Å²) in [6, 6.07) is 15.4. The molecule has 0 radical (unpaired) electrons. The molecule has 1 aliphatic rings. The molecule has 0 saturated carbocycles. The van der Waals surface area contributed by atoms with Crippen LogP contribution in [0.1, 0.15) is 53.0 Å². The van der Waals surface area contributed by atoms with Crippen molar-refractivity contribution < 1.29 is 23.8 Å². The van der Waals surface area contributed by atoms with E-state index in [4.69, 9.17) is 19.3 Å². The average Bonchev–Trinajstić information content (AvgIpc) is 3.40. The second kappa shape index (κ2) is 13.4. The zero-order valence-electron chi connectivity index (χ0n) is 25.2. The van der Waals surface area contributed by atoms with Crippen molar-refractivity contribution in [3.63, 3.8) is 0 Å². The summed E-state index contributed by atoms with van der Waals surface area (Å²) in [5.41, 5.74) is 4.81. The van der Waals surface area contributed by atoms with Gasteiger partial charge in [0, 0.05) is 28.7 Å². The molecule has 8 nitrogen and oxygen atoms in total. The summed E-state index contributed by atoms with van der Waals surface area (Å²) in [5.74, 6) is -0.813. The number of carbonyl (C=O) groups is 2. The van der Waals surface area contributed by atoms with Gasteiger partial charge in [-0.3, -0.25) is 0 Å². The Labute approximate surface area is 255 Å². The highest BCUT2D eigenvalue weighted by atomic mass is 79.9. The molecule has 222 valence electrons. The van der Waals surface area contributed by atoms with Crippen LogP contribution in [0, 0.1) is 11.8 Å². The Morgan fingerprint density at radius 2 is 1.50 bits per heavy atom. The SMILES string of the molecule is COc1ccc(-c2nn(-c3ccccc3)cc2C2C(C(=O)OCC(C)C)=C(C)NC(C)=C2C(=O)OCC(C)C)cc1Br. The van der Waals surface area contributed by atoms with Gasteiger partial charge in [0.15, 0.2) is 0 Å². The molecule has 0 atom stereocenters. The van der Waals surface area contributed by atoms with Gasteiger partial charge in [-0.15, -0.1) is 0 Å². The summed E-state index contributed by atoms with van der Waals surface area (Å²) in [6.07, 6.45) is 1.88. The van der Waals surface area contributed by atoms with E-state index in [1.807, 2.05) is 96.3 Å². The van der Waals surface area contributed by atoms with E-state index >= 15 is 0 Å². The fraction of sp³-hybridized carbons (Fsp3) is 0.364. The van der Waals surface area contributed by atoms with Gasteiger partial charge in [-0.2, -0.15) is 5.10 Å². The Morgan fingerprint density at radius 1 is 0.929 bits per heavy atom. The predicted molar refractivity (Wildman–Crippen MR) is 166 cm³/mol. The van der Waals surface area contributed by atoms with Gasteiger partial charge in [-0.1, -0.05) is 45.9 Å². The lowest BCUT2D eigenvalue weighted by Gasteiger charge is -2.30. The minimum absolute atomic E-state index is 0.144. The average molecular weight is 637 g/mol. The second-order valence-corrected chi connectivity index (χ2v) is 12.0. The van der Waals surface area contributed by atoms with Crippen molar-refractivity contribution in [1.29, 1.82) is 0 Å². The van der Waals surface area contributed by atoms with E-state index in [0.29, 0.717) is 39.5 Å². The fourth-order valence-corrected chi connectivity index (χ4v) is 5.38. The number of nitrogens with zero attached hydrogens (tertiary/aromatic N) is 2. The lowest BCUT2D eigenvalue weighted by Crippen LogP contribution is -2.33. The maximum Gasteiger partial charge on any atom is 0.336 e. The Morgan fingerprint density at radius 3 is 2.00 bits per heavy atom. The molecular formula is C33H38BrN3O5. The summed E-state index contributed by atoms with van der Waals surface area (Å²) < 4.78 is 19.5. The van der Waals surface area contributed by atoms with Crippen molar-refractivity contribution in [3.05, 3.63) is 87.3 Å². The molecule has 0 unspecified atom stereocenters. The van der Waals surface area contributed by atoms with Crippen LogP contribution in [0.15, 0.2) is 81.7 Å². The molecule has 0 amide bonds. The second-order valence-electron chi connectivity index (χ2n) is 11.2. The minimum Gasteiger partial charge on any atom is -0.496 e. The highest BCUT2D eigenvalue weighted by molar-refractivity contribution is 9.10. The number of para-hydroxylation sites is 1. The molecule has 9 heteroatoms. The zero-order chi connectivity index (χ0) is 30.6. The van der Waals surface area contributed by atoms with Crippen LogP contribution in [-0.4, -0.2) is 42.0 Å². The number of methoxy groups -OCH3 is 1. The Hall–Kier alpha value is -3.85. The number of nitrogens with one attached hydrogen (secondary N) is 1. The van der Waals surface area contributed by atoms with Gasteiger partial charge in [0.1, 0.15) is 5.75 Å². The summed E-state index contributed by atoms with van der Waals surface area (Å²) in [7, 11) is 1.61. The summed E-state index contributed by atoms with van der Waals surface area (Å²) >= 11 is 3.60. The van der Waals surface area contributed by atoms with Gasteiger partial charge in [-0.25, -0.2) is 14.3 Å². The first-order chi connectivity index (χ1) is 20.0. The van der Waals surface area contributed by atoms with Crippen molar-refractivity contribution >= 4 is 27.9 Å². The van der Waals surface area contributed by atoms with Crippen LogP contribution in [-0.2, 0) is 19.1 Å². The number of rotatable bonds is 10. The van der Waals surface area contributed by atoms with E-state index in [2.05, 4.69) is 21.2 Å². The lowest BCUT2D eigenvalue weighted by molar-refractivity contribution is -0.141. The minimum atomic E-state index is -0.793. The lowest BCUT2D eigenvalue weighted by atomic mass is 9.79. The molecule has 0 saturated heterocycles. The molecule has 0 aliphatic carbocycles. The van der Waals surface area contributed by atoms with Crippen molar-refractivity contribution in [2.75, 3.05) is 20.3 Å². The quantitative estimate of drug-likeness (QED) is 0.241. The van der Waals surface area contributed by atoms with Crippen LogP contribution >= 0.6 is 15.9 Å². The van der Waals surface area contributed by atoms with Gasteiger partial charge in [0.05, 0.1) is 53.2 Å². The van der Waals surface area contributed by atoms with Crippen molar-refractivity contribution in [1.82, 2.24) is 15.1 Å².